The van der Waals surface area contributed by atoms with Crippen molar-refractivity contribution in [2.24, 2.45) is 11.7 Å². The third-order valence-corrected chi connectivity index (χ3v) is 6.61. The molecule has 5 nitrogen and oxygen atoms in total. The molecular formula is C22H28N2O3S. The smallest absolute Gasteiger partial charge is 0.262 e. The number of ether oxygens (including phenoxy) is 1. The summed E-state index contributed by atoms with van der Waals surface area (Å²) in [7, 11) is 0. The van der Waals surface area contributed by atoms with Gasteiger partial charge in [-0.1, -0.05) is 32.9 Å². The molecule has 0 bridgehead atoms. The van der Waals surface area contributed by atoms with E-state index in [1.807, 2.05) is 24.3 Å². The highest BCUT2D eigenvalue weighted by Gasteiger charge is 2.27. The number of primary amides is 1. The van der Waals surface area contributed by atoms with Crippen LogP contribution in [0.15, 0.2) is 24.3 Å². The van der Waals surface area contributed by atoms with E-state index in [0.29, 0.717) is 28.1 Å². The van der Waals surface area contributed by atoms with Crippen molar-refractivity contribution in [2.45, 2.75) is 52.4 Å². The Labute approximate surface area is 170 Å². The average Bonchev–Trinajstić information content (AvgIpc) is 3.03. The predicted molar refractivity (Wildman–Crippen MR) is 113 cm³/mol. The second kappa shape index (κ2) is 8.78. The van der Waals surface area contributed by atoms with Gasteiger partial charge in [0, 0.05) is 4.88 Å². The van der Waals surface area contributed by atoms with Gasteiger partial charge in [0.05, 0.1) is 5.56 Å². The van der Waals surface area contributed by atoms with Gasteiger partial charge in [0.2, 0.25) is 0 Å². The van der Waals surface area contributed by atoms with Crippen molar-refractivity contribution in [1.29, 1.82) is 0 Å². The molecule has 150 valence electrons. The number of anilines is 1. The lowest BCUT2D eigenvalue weighted by Crippen LogP contribution is -2.22. The minimum absolute atomic E-state index is 0.111. The summed E-state index contributed by atoms with van der Waals surface area (Å²) < 4.78 is 5.60. The van der Waals surface area contributed by atoms with Gasteiger partial charge in [0.15, 0.2) is 6.61 Å². The molecule has 0 spiro atoms. The van der Waals surface area contributed by atoms with Crippen LogP contribution in [0.25, 0.3) is 0 Å². The van der Waals surface area contributed by atoms with E-state index in [2.05, 4.69) is 26.1 Å². The molecule has 1 aromatic carbocycles. The van der Waals surface area contributed by atoms with E-state index in [-0.39, 0.29) is 12.5 Å². The van der Waals surface area contributed by atoms with Crippen molar-refractivity contribution in [3.63, 3.8) is 0 Å². The number of rotatable bonds is 7. The van der Waals surface area contributed by atoms with Gasteiger partial charge in [-0.15, -0.1) is 11.3 Å². The normalized spacial score (nSPS) is 16.9. The quantitative estimate of drug-likeness (QED) is 0.718. The Morgan fingerprint density at radius 2 is 2.04 bits per heavy atom. The molecule has 2 aromatic rings. The molecule has 0 unspecified atom stereocenters. The fourth-order valence-corrected chi connectivity index (χ4v) is 4.97. The minimum atomic E-state index is -0.482. The summed E-state index contributed by atoms with van der Waals surface area (Å²) in [6.07, 6.45) is 3.87. The summed E-state index contributed by atoms with van der Waals surface area (Å²) in [5, 5.41) is 3.38. The summed E-state index contributed by atoms with van der Waals surface area (Å²) in [6, 6.07) is 7.83. The molecule has 0 radical (unpaired) electrons. The van der Waals surface area contributed by atoms with Crippen LogP contribution >= 0.6 is 11.3 Å². The van der Waals surface area contributed by atoms with Crippen LogP contribution < -0.4 is 15.8 Å². The van der Waals surface area contributed by atoms with Crippen molar-refractivity contribution in [3.05, 3.63) is 45.8 Å². The molecular weight excluding hydrogens is 372 g/mol. The molecule has 1 aliphatic rings. The lowest BCUT2D eigenvalue weighted by Gasteiger charge is -2.18. The number of carbonyl (C=O) groups excluding carboxylic acids is 2. The van der Waals surface area contributed by atoms with E-state index < -0.39 is 5.91 Å². The first-order valence-corrected chi connectivity index (χ1v) is 10.7. The van der Waals surface area contributed by atoms with Gasteiger partial charge in [0.25, 0.3) is 11.8 Å². The number of hydrogen-bond donors (Lipinski definition) is 2. The predicted octanol–water partition coefficient (Wildman–Crippen LogP) is 4.50. The van der Waals surface area contributed by atoms with Crippen LogP contribution in [0.3, 0.4) is 0 Å². The average molecular weight is 401 g/mol. The van der Waals surface area contributed by atoms with Crippen LogP contribution in [-0.4, -0.2) is 18.4 Å². The first-order valence-electron chi connectivity index (χ1n) is 9.86. The highest BCUT2D eigenvalue weighted by atomic mass is 32.1. The Hall–Kier alpha value is -2.34. The van der Waals surface area contributed by atoms with E-state index in [1.54, 1.807) is 0 Å². The molecule has 3 rings (SSSR count). The molecule has 6 heteroatoms. The number of fused-ring (bicyclic) bond motifs is 1. The van der Waals surface area contributed by atoms with Gasteiger partial charge in [-0.3, -0.25) is 9.59 Å². The van der Waals surface area contributed by atoms with Crippen molar-refractivity contribution >= 4 is 28.2 Å². The first-order chi connectivity index (χ1) is 13.4. The van der Waals surface area contributed by atoms with Crippen molar-refractivity contribution in [1.82, 2.24) is 0 Å². The van der Waals surface area contributed by atoms with E-state index in [9.17, 15) is 9.59 Å². The zero-order chi connectivity index (χ0) is 20.3. The Morgan fingerprint density at radius 1 is 1.32 bits per heavy atom. The zero-order valence-corrected chi connectivity index (χ0v) is 17.5. The Balaban J connectivity index is 1.64. The molecule has 1 heterocycles. The number of benzene rings is 1. The SMILES string of the molecule is CC[C@@H](C)c1ccc(OCC(=O)Nc2sc3c(c2C(N)=O)CC[C@@H](C)C3)cc1. The Kier molecular flexibility index (Phi) is 6.39. The Bertz CT molecular complexity index is 857. The summed E-state index contributed by atoms with van der Waals surface area (Å²) in [4.78, 5) is 25.5. The third kappa shape index (κ3) is 4.55. The second-order valence-corrected chi connectivity index (χ2v) is 8.74. The topological polar surface area (TPSA) is 81.4 Å². The van der Waals surface area contributed by atoms with E-state index in [0.717, 1.165) is 36.1 Å². The van der Waals surface area contributed by atoms with E-state index in [1.165, 1.54) is 16.9 Å². The number of nitrogens with two attached hydrogens (primary N) is 1. The van der Waals surface area contributed by atoms with Crippen molar-refractivity contribution in [2.75, 3.05) is 11.9 Å². The summed E-state index contributed by atoms with van der Waals surface area (Å²) in [5.41, 5.74) is 8.32. The third-order valence-electron chi connectivity index (χ3n) is 5.44. The monoisotopic (exact) mass is 400 g/mol. The number of hydrogen-bond acceptors (Lipinski definition) is 4. The minimum Gasteiger partial charge on any atom is -0.484 e. The molecule has 1 aliphatic carbocycles. The van der Waals surface area contributed by atoms with E-state index >= 15 is 0 Å². The molecule has 28 heavy (non-hydrogen) atoms. The van der Waals surface area contributed by atoms with Gasteiger partial charge in [-0.25, -0.2) is 0 Å². The van der Waals surface area contributed by atoms with Crippen LogP contribution in [-0.2, 0) is 17.6 Å². The fourth-order valence-electron chi connectivity index (χ4n) is 3.54. The van der Waals surface area contributed by atoms with Crippen LogP contribution in [0.5, 0.6) is 5.75 Å². The van der Waals surface area contributed by atoms with Gasteiger partial charge in [0.1, 0.15) is 10.8 Å². The summed E-state index contributed by atoms with van der Waals surface area (Å²) in [5.74, 6) is 0.954. The van der Waals surface area contributed by atoms with Crippen molar-refractivity contribution < 1.29 is 14.3 Å². The molecule has 3 N–H and O–H groups in total. The maximum Gasteiger partial charge on any atom is 0.262 e. The van der Waals surface area contributed by atoms with Gasteiger partial charge >= 0.3 is 0 Å². The Morgan fingerprint density at radius 3 is 2.68 bits per heavy atom. The largest absolute Gasteiger partial charge is 0.484 e. The van der Waals surface area contributed by atoms with Gasteiger partial charge < -0.3 is 15.8 Å². The molecule has 0 aliphatic heterocycles. The molecule has 0 saturated carbocycles. The van der Waals surface area contributed by atoms with Crippen LogP contribution in [0.2, 0.25) is 0 Å². The lowest BCUT2D eigenvalue weighted by atomic mass is 9.88. The van der Waals surface area contributed by atoms with Crippen LogP contribution in [0.1, 0.15) is 65.9 Å². The van der Waals surface area contributed by atoms with Crippen LogP contribution in [0, 0.1) is 5.92 Å². The highest BCUT2D eigenvalue weighted by Crippen LogP contribution is 2.39. The van der Waals surface area contributed by atoms with Crippen LogP contribution in [0.4, 0.5) is 5.00 Å². The standard InChI is InChI=1S/C22H28N2O3S/c1-4-14(3)15-6-8-16(9-7-15)27-12-19(25)24-22-20(21(23)26)17-10-5-13(2)11-18(17)28-22/h6-9,13-14H,4-5,10-12H2,1-3H3,(H2,23,26)(H,24,25)/t13-,14-/m1/s1. The second-order valence-electron chi connectivity index (χ2n) is 7.64. The zero-order valence-electron chi connectivity index (χ0n) is 16.7. The maximum atomic E-state index is 12.4. The van der Waals surface area contributed by atoms with Crippen molar-refractivity contribution in [3.8, 4) is 5.75 Å². The first kappa shape index (κ1) is 20.4. The molecule has 1 aromatic heterocycles. The molecule has 0 saturated heterocycles. The summed E-state index contributed by atoms with van der Waals surface area (Å²) >= 11 is 1.46. The number of thiophene rings is 1. The maximum absolute atomic E-state index is 12.4. The molecule has 2 atom stereocenters. The number of nitrogens with one attached hydrogen (secondary N) is 1. The fraction of sp³-hybridized carbons (Fsp3) is 0.455. The van der Waals surface area contributed by atoms with Gasteiger partial charge in [-0.2, -0.15) is 0 Å². The number of amides is 2. The summed E-state index contributed by atoms with van der Waals surface area (Å²) in [6.45, 7) is 6.43. The molecule has 2 amide bonds. The molecule has 0 fully saturated rings. The van der Waals surface area contributed by atoms with E-state index in [4.69, 9.17) is 10.5 Å². The number of carbonyl (C=O) groups is 2. The highest BCUT2D eigenvalue weighted by molar-refractivity contribution is 7.17. The van der Waals surface area contributed by atoms with Gasteiger partial charge in [-0.05, 0) is 60.8 Å². The lowest BCUT2D eigenvalue weighted by molar-refractivity contribution is -0.118.